The van der Waals surface area contributed by atoms with Crippen LogP contribution in [-0.4, -0.2) is 54.0 Å². The molecule has 1 aromatic heterocycles. The van der Waals surface area contributed by atoms with E-state index in [2.05, 4.69) is 15.1 Å². The van der Waals surface area contributed by atoms with Crippen molar-refractivity contribution in [1.82, 2.24) is 15.1 Å². The Labute approximate surface area is 135 Å². The van der Waals surface area contributed by atoms with E-state index in [1.54, 1.807) is 7.11 Å². The van der Waals surface area contributed by atoms with Crippen molar-refractivity contribution in [2.75, 3.05) is 20.8 Å². The molecule has 0 bridgehead atoms. The van der Waals surface area contributed by atoms with Gasteiger partial charge in [-0.25, -0.2) is 0 Å². The van der Waals surface area contributed by atoms with Crippen LogP contribution in [0.4, 0.5) is 0 Å². The van der Waals surface area contributed by atoms with E-state index < -0.39 is 0 Å². The number of nitrogens with zero attached hydrogens (tertiary/aromatic N) is 2. The molecule has 2 heterocycles. The number of aromatic amines is 1. The molecule has 1 fully saturated rings. The second kappa shape index (κ2) is 6.93. The molecule has 0 spiro atoms. The molecule has 0 unspecified atom stereocenters. The molecule has 1 N–H and O–H groups in total. The van der Waals surface area contributed by atoms with E-state index in [9.17, 15) is 4.79 Å². The number of ether oxygens (including phenoxy) is 2. The zero-order chi connectivity index (χ0) is 16.2. The highest BCUT2D eigenvalue weighted by atomic mass is 16.5. The van der Waals surface area contributed by atoms with Crippen LogP contribution in [0.25, 0.3) is 11.3 Å². The molecule has 6 heteroatoms. The number of esters is 1. The van der Waals surface area contributed by atoms with Crippen LogP contribution in [0.1, 0.15) is 12.1 Å². The summed E-state index contributed by atoms with van der Waals surface area (Å²) in [4.78, 5) is 14.0. The lowest BCUT2D eigenvalue weighted by atomic mass is 10.1. The van der Waals surface area contributed by atoms with Crippen LogP contribution in [0.15, 0.2) is 36.4 Å². The summed E-state index contributed by atoms with van der Waals surface area (Å²) in [5.41, 5.74) is 2.93. The molecule has 3 rings (SSSR count). The summed E-state index contributed by atoms with van der Waals surface area (Å²) in [7, 11) is 3.09. The second-order valence-electron chi connectivity index (χ2n) is 5.71. The summed E-state index contributed by atoms with van der Waals surface area (Å²) >= 11 is 0. The molecule has 23 heavy (non-hydrogen) atoms. The Kier molecular flexibility index (Phi) is 4.73. The van der Waals surface area contributed by atoms with Gasteiger partial charge in [0.25, 0.3) is 0 Å². The fraction of sp³-hybridized carbons (Fsp3) is 0.412. The van der Waals surface area contributed by atoms with Crippen molar-refractivity contribution in [2.45, 2.75) is 25.1 Å². The normalized spacial score (nSPS) is 21.5. The van der Waals surface area contributed by atoms with Crippen LogP contribution in [-0.2, 0) is 20.8 Å². The largest absolute Gasteiger partial charge is 0.468 e. The van der Waals surface area contributed by atoms with Crippen molar-refractivity contribution >= 4 is 5.97 Å². The first kappa shape index (κ1) is 15.7. The summed E-state index contributed by atoms with van der Waals surface area (Å²) in [5.74, 6) is -0.215. The Morgan fingerprint density at radius 2 is 2.13 bits per heavy atom. The minimum atomic E-state index is -0.270. The van der Waals surface area contributed by atoms with Crippen molar-refractivity contribution in [1.29, 1.82) is 0 Å². The third-order valence-electron chi connectivity index (χ3n) is 4.25. The number of H-pyrrole nitrogens is 1. The Morgan fingerprint density at radius 1 is 1.35 bits per heavy atom. The number of methoxy groups -OCH3 is 2. The summed E-state index contributed by atoms with van der Waals surface area (Å²) in [6.07, 6.45) is 0.707. The average Bonchev–Trinajstić information content (AvgIpc) is 3.22. The van der Waals surface area contributed by atoms with Gasteiger partial charge in [0.2, 0.25) is 0 Å². The topological polar surface area (TPSA) is 67.5 Å². The smallest absolute Gasteiger partial charge is 0.323 e. The predicted octanol–water partition coefficient (Wildman–Crippen LogP) is 1.84. The van der Waals surface area contributed by atoms with Crippen LogP contribution in [0.5, 0.6) is 0 Å². The van der Waals surface area contributed by atoms with Gasteiger partial charge in [0.05, 0.1) is 18.9 Å². The second-order valence-corrected chi connectivity index (χ2v) is 5.71. The van der Waals surface area contributed by atoms with Gasteiger partial charge in [0, 0.05) is 37.9 Å². The van der Waals surface area contributed by atoms with Crippen LogP contribution in [0, 0.1) is 0 Å². The number of hydrogen-bond acceptors (Lipinski definition) is 5. The summed E-state index contributed by atoms with van der Waals surface area (Å²) in [6, 6.07) is 11.7. The van der Waals surface area contributed by atoms with E-state index in [0.717, 1.165) is 17.0 Å². The first-order valence-corrected chi connectivity index (χ1v) is 7.65. The van der Waals surface area contributed by atoms with Crippen LogP contribution < -0.4 is 0 Å². The summed E-state index contributed by atoms with van der Waals surface area (Å²) in [6.45, 7) is 1.31. The van der Waals surface area contributed by atoms with Crippen LogP contribution in [0.3, 0.4) is 0 Å². The number of carbonyl (C=O) groups is 1. The van der Waals surface area contributed by atoms with Gasteiger partial charge in [0.1, 0.15) is 6.04 Å². The lowest BCUT2D eigenvalue weighted by molar-refractivity contribution is -0.146. The van der Waals surface area contributed by atoms with Crippen molar-refractivity contribution in [3.05, 3.63) is 42.1 Å². The van der Waals surface area contributed by atoms with Crippen LogP contribution in [0.2, 0.25) is 0 Å². The molecular formula is C17H21N3O3. The SMILES string of the molecule is COC(=O)[C@H]1C[C@H](OC)CN1Cc1cc(-c2ccccc2)n[nH]1. The summed E-state index contributed by atoms with van der Waals surface area (Å²) < 4.78 is 10.3. The molecule has 0 aliphatic carbocycles. The number of rotatable bonds is 5. The van der Waals surface area contributed by atoms with Gasteiger partial charge in [-0.2, -0.15) is 5.10 Å². The molecule has 2 aromatic rings. The molecule has 1 aromatic carbocycles. The monoisotopic (exact) mass is 315 g/mol. The predicted molar refractivity (Wildman–Crippen MR) is 85.7 cm³/mol. The Morgan fingerprint density at radius 3 is 2.83 bits per heavy atom. The minimum Gasteiger partial charge on any atom is -0.468 e. The number of likely N-dealkylation sites (tertiary alicyclic amines) is 1. The van der Waals surface area contributed by atoms with Gasteiger partial charge in [-0.3, -0.25) is 14.8 Å². The Bertz CT molecular complexity index is 656. The average molecular weight is 315 g/mol. The fourth-order valence-electron chi connectivity index (χ4n) is 3.01. The van der Waals surface area contributed by atoms with Gasteiger partial charge in [-0.1, -0.05) is 30.3 Å². The molecule has 1 saturated heterocycles. The van der Waals surface area contributed by atoms with E-state index in [0.29, 0.717) is 19.5 Å². The van der Waals surface area contributed by atoms with E-state index in [4.69, 9.17) is 9.47 Å². The van der Waals surface area contributed by atoms with Gasteiger partial charge in [0.15, 0.2) is 0 Å². The highest BCUT2D eigenvalue weighted by Crippen LogP contribution is 2.24. The molecule has 0 amide bonds. The van der Waals surface area contributed by atoms with Crippen molar-refractivity contribution in [3.63, 3.8) is 0 Å². The van der Waals surface area contributed by atoms with E-state index in [1.165, 1.54) is 7.11 Å². The third kappa shape index (κ3) is 3.43. The molecule has 0 saturated carbocycles. The fourth-order valence-corrected chi connectivity index (χ4v) is 3.01. The number of aromatic nitrogens is 2. The maximum atomic E-state index is 12.0. The zero-order valence-corrected chi connectivity index (χ0v) is 13.4. The first-order valence-electron chi connectivity index (χ1n) is 7.65. The summed E-state index contributed by atoms with van der Waals surface area (Å²) in [5, 5.41) is 7.42. The molecule has 1 aliphatic heterocycles. The molecule has 6 nitrogen and oxygen atoms in total. The number of benzene rings is 1. The molecule has 2 atom stereocenters. The maximum Gasteiger partial charge on any atom is 0.323 e. The van der Waals surface area contributed by atoms with Gasteiger partial charge >= 0.3 is 5.97 Å². The lowest BCUT2D eigenvalue weighted by Crippen LogP contribution is -2.36. The maximum absolute atomic E-state index is 12.0. The van der Waals surface area contributed by atoms with Crippen molar-refractivity contribution < 1.29 is 14.3 Å². The minimum absolute atomic E-state index is 0.0515. The third-order valence-corrected chi connectivity index (χ3v) is 4.25. The van der Waals surface area contributed by atoms with Crippen LogP contribution >= 0.6 is 0 Å². The number of hydrogen-bond donors (Lipinski definition) is 1. The number of nitrogens with one attached hydrogen (secondary N) is 1. The Hall–Kier alpha value is -2.18. The molecule has 122 valence electrons. The van der Waals surface area contributed by atoms with Gasteiger partial charge in [-0.15, -0.1) is 0 Å². The molecular weight excluding hydrogens is 294 g/mol. The highest BCUT2D eigenvalue weighted by Gasteiger charge is 2.37. The molecule has 0 radical (unpaired) electrons. The van der Waals surface area contributed by atoms with Gasteiger partial charge in [-0.05, 0) is 6.07 Å². The molecule has 1 aliphatic rings. The highest BCUT2D eigenvalue weighted by molar-refractivity contribution is 5.76. The zero-order valence-electron chi connectivity index (χ0n) is 13.4. The van der Waals surface area contributed by atoms with E-state index >= 15 is 0 Å². The standard InChI is InChI=1S/C17H21N3O3/c1-22-14-9-16(17(21)23-2)20(11-14)10-13-8-15(19-18-13)12-6-4-3-5-7-12/h3-8,14,16H,9-11H2,1-2H3,(H,18,19)/t14-,16+/m0/s1. The number of carbonyl (C=O) groups excluding carboxylic acids is 1. The van der Waals surface area contributed by atoms with E-state index in [-0.39, 0.29) is 18.1 Å². The first-order chi connectivity index (χ1) is 11.2. The lowest BCUT2D eigenvalue weighted by Gasteiger charge is -2.20. The van der Waals surface area contributed by atoms with Gasteiger partial charge < -0.3 is 9.47 Å². The van der Waals surface area contributed by atoms with E-state index in [1.807, 2.05) is 36.4 Å². The Balaban J connectivity index is 1.73. The van der Waals surface area contributed by atoms with Crippen molar-refractivity contribution in [2.24, 2.45) is 0 Å². The van der Waals surface area contributed by atoms with Crippen molar-refractivity contribution in [3.8, 4) is 11.3 Å². The quantitative estimate of drug-likeness (QED) is 0.853.